The fraction of sp³-hybridized carbons (Fsp3) is 0.643. The van der Waals surface area contributed by atoms with Crippen LogP contribution in [0.1, 0.15) is 39.5 Å². The van der Waals surface area contributed by atoms with E-state index in [0.717, 1.165) is 19.4 Å². The van der Waals surface area contributed by atoms with Crippen LogP contribution < -0.4 is 10.6 Å². The summed E-state index contributed by atoms with van der Waals surface area (Å²) in [4.78, 5) is 17.2. The minimum Gasteiger partial charge on any atom is -0.384 e. The van der Waals surface area contributed by atoms with E-state index in [1.54, 1.807) is 0 Å². The quantitative estimate of drug-likeness (QED) is 0.661. The monoisotopic (exact) mass is 278 g/mol. The highest BCUT2D eigenvalue weighted by Gasteiger charge is 2.29. The van der Waals surface area contributed by atoms with E-state index in [0.29, 0.717) is 23.6 Å². The number of rotatable bonds is 5. The number of hydrogen-bond acceptors (Lipinski definition) is 5. The molecule has 0 unspecified atom stereocenters. The molecular formula is C14H22N4O2. The van der Waals surface area contributed by atoms with Crippen molar-refractivity contribution in [3.63, 3.8) is 0 Å². The minimum absolute atomic E-state index is 0.0479. The van der Waals surface area contributed by atoms with Crippen molar-refractivity contribution in [3.05, 3.63) is 22.2 Å². The Hall–Kier alpha value is -1.85. The van der Waals surface area contributed by atoms with Gasteiger partial charge in [-0.1, -0.05) is 26.7 Å². The molecule has 0 aliphatic heterocycles. The zero-order chi connectivity index (χ0) is 14.7. The molecule has 1 aromatic heterocycles. The first-order valence-electron chi connectivity index (χ1n) is 7.16. The van der Waals surface area contributed by atoms with Crippen molar-refractivity contribution in [2.45, 2.75) is 45.6 Å². The van der Waals surface area contributed by atoms with E-state index in [2.05, 4.69) is 23.7 Å². The summed E-state index contributed by atoms with van der Waals surface area (Å²) in [7, 11) is 0. The normalized spacial score (nSPS) is 15.8. The number of aromatic nitrogens is 1. The van der Waals surface area contributed by atoms with Crippen molar-refractivity contribution < 1.29 is 4.92 Å². The molecule has 0 atom stereocenters. The molecule has 6 nitrogen and oxygen atoms in total. The molecule has 20 heavy (non-hydrogen) atoms. The molecule has 1 aliphatic rings. The van der Waals surface area contributed by atoms with Gasteiger partial charge in [-0.2, -0.15) is 0 Å². The van der Waals surface area contributed by atoms with Gasteiger partial charge < -0.3 is 10.6 Å². The highest BCUT2D eigenvalue weighted by atomic mass is 16.6. The van der Waals surface area contributed by atoms with E-state index in [1.807, 2.05) is 0 Å². The first kappa shape index (κ1) is 14.6. The van der Waals surface area contributed by atoms with Crippen molar-refractivity contribution in [2.75, 3.05) is 17.2 Å². The lowest BCUT2D eigenvalue weighted by molar-refractivity contribution is -0.384. The highest BCUT2D eigenvalue weighted by molar-refractivity contribution is 5.61. The second-order valence-corrected chi connectivity index (χ2v) is 5.82. The smallest absolute Gasteiger partial charge is 0.311 e. The molecule has 0 aromatic carbocycles. The number of nitrogens with zero attached hydrogens (tertiary/aromatic N) is 3. The van der Waals surface area contributed by atoms with Gasteiger partial charge in [0.1, 0.15) is 5.82 Å². The second kappa shape index (κ2) is 6.07. The van der Waals surface area contributed by atoms with Gasteiger partial charge in [-0.05, 0) is 24.8 Å². The Labute approximate surface area is 119 Å². The Morgan fingerprint density at radius 3 is 2.65 bits per heavy atom. The Kier molecular flexibility index (Phi) is 4.42. The third-order valence-electron chi connectivity index (χ3n) is 3.67. The second-order valence-electron chi connectivity index (χ2n) is 5.82. The number of nitrogens with two attached hydrogens (primary N) is 1. The maximum atomic E-state index is 11.2. The van der Waals surface area contributed by atoms with Crippen LogP contribution in [0.25, 0.3) is 0 Å². The summed E-state index contributed by atoms with van der Waals surface area (Å²) in [6, 6.07) is 3.29. The summed E-state index contributed by atoms with van der Waals surface area (Å²) in [5.41, 5.74) is 5.78. The van der Waals surface area contributed by atoms with Crippen LogP contribution in [0.4, 0.5) is 17.3 Å². The molecule has 0 bridgehead atoms. The largest absolute Gasteiger partial charge is 0.384 e. The molecule has 2 rings (SSSR count). The van der Waals surface area contributed by atoms with E-state index >= 15 is 0 Å². The Balaban J connectivity index is 2.40. The number of pyridine rings is 1. The van der Waals surface area contributed by atoms with Crippen molar-refractivity contribution in [1.82, 2.24) is 4.98 Å². The number of hydrogen-bond donors (Lipinski definition) is 1. The predicted octanol–water partition coefficient (Wildman–Crippen LogP) is 2.98. The number of nitro groups is 1. The van der Waals surface area contributed by atoms with E-state index in [9.17, 15) is 10.1 Å². The molecule has 1 aromatic rings. The van der Waals surface area contributed by atoms with Crippen LogP contribution in [-0.2, 0) is 0 Å². The van der Waals surface area contributed by atoms with Crippen molar-refractivity contribution >= 4 is 17.3 Å². The fourth-order valence-electron chi connectivity index (χ4n) is 2.83. The van der Waals surface area contributed by atoms with Crippen LogP contribution in [-0.4, -0.2) is 22.5 Å². The maximum absolute atomic E-state index is 11.2. The van der Waals surface area contributed by atoms with Gasteiger partial charge in [0, 0.05) is 18.7 Å². The average molecular weight is 278 g/mol. The van der Waals surface area contributed by atoms with Gasteiger partial charge in [-0.25, -0.2) is 4.98 Å². The summed E-state index contributed by atoms with van der Waals surface area (Å²) in [6.45, 7) is 4.99. The fourth-order valence-corrected chi connectivity index (χ4v) is 2.83. The lowest BCUT2D eigenvalue weighted by Crippen LogP contribution is -2.37. The van der Waals surface area contributed by atoms with Crippen LogP contribution in [0.5, 0.6) is 0 Å². The first-order chi connectivity index (χ1) is 9.49. The topological polar surface area (TPSA) is 85.3 Å². The van der Waals surface area contributed by atoms with Crippen molar-refractivity contribution in [3.8, 4) is 0 Å². The maximum Gasteiger partial charge on any atom is 0.311 e. The van der Waals surface area contributed by atoms with Gasteiger partial charge in [0.05, 0.1) is 4.92 Å². The van der Waals surface area contributed by atoms with Gasteiger partial charge >= 0.3 is 5.69 Å². The molecule has 2 N–H and O–H groups in total. The van der Waals surface area contributed by atoms with E-state index in [-0.39, 0.29) is 10.6 Å². The molecule has 1 saturated carbocycles. The van der Waals surface area contributed by atoms with Crippen LogP contribution >= 0.6 is 0 Å². The average Bonchev–Trinajstić information content (AvgIpc) is 2.88. The lowest BCUT2D eigenvalue weighted by atomic mass is 10.1. The van der Waals surface area contributed by atoms with Crippen LogP contribution in [0, 0.1) is 16.0 Å². The molecule has 0 amide bonds. The van der Waals surface area contributed by atoms with E-state index < -0.39 is 0 Å². The molecule has 0 spiro atoms. The Bertz CT molecular complexity index is 484. The van der Waals surface area contributed by atoms with Crippen molar-refractivity contribution in [2.24, 2.45) is 5.92 Å². The summed E-state index contributed by atoms with van der Waals surface area (Å²) in [5.74, 6) is 1.17. The van der Waals surface area contributed by atoms with Crippen LogP contribution in [0.2, 0.25) is 0 Å². The van der Waals surface area contributed by atoms with Crippen LogP contribution in [0.15, 0.2) is 12.1 Å². The lowest BCUT2D eigenvalue weighted by Gasteiger charge is -2.31. The minimum atomic E-state index is -0.371. The summed E-state index contributed by atoms with van der Waals surface area (Å²) in [5, 5.41) is 11.2. The summed E-state index contributed by atoms with van der Waals surface area (Å²) < 4.78 is 0. The van der Waals surface area contributed by atoms with E-state index in [4.69, 9.17) is 5.73 Å². The summed E-state index contributed by atoms with van der Waals surface area (Å²) >= 11 is 0. The Morgan fingerprint density at radius 2 is 2.10 bits per heavy atom. The van der Waals surface area contributed by atoms with E-state index in [1.165, 1.54) is 25.0 Å². The van der Waals surface area contributed by atoms with Gasteiger partial charge in [0.2, 0.25) is 5.82 Å². The van der Waals surface area contributed by atoms with Crippen LogP contribution in [0.3, 0.4) is 0 Å². The zero-order valence-electron chi connectivity index (χ0n) is 12.1. The third-order valence-corrected chi connectivity index (χ3v) is 3.67. The van der Waals surface area contributed by atoms with Gasteiger partial charge in [-0.15, -0.1) is 0 Å². The molecule has 110 valence electrons. The first-order valence-corrected chi connectivity index (χ1v) is 7.16. The molecule has 6 heteroatoms. The molecule has 0 radical (unpaired) electrons. The third kappa shape index (κ3) is 3.18. The molecule has 0 saturated heterocycles. The summed E-state index contributed by atoms with van der Waals surface area (Å²) in [6.07, 6.45) is 4.49. The molecule has 1 fully saturated rings. The zero-order valence-corrected chi connectivity index (χ0v) is 12.1. The molecular weight excluding hydrogens is 256 g/mol. The number of anilines is 2. The molecule has 1 aliphatic carbocycles. The SMILES string of the molecule is CC(C)CN(c1nc(N)ccc1[N+](=O)[O-])C1CCCC1. The highest BCUT2D eigenvalue weighted by Crippen LogP contribution is 2.34. The van der Waals surface area contributed by atoms with Gasteiger partial charge in [0.25, 0.3) is 0 Å². The number of nitrogen functional groups attached to an aromatic ring is 1. The Morgan fingerprint density at radius 1 is 1.45 bits per heavy atom. The standard InChI is InChI=1S/C14H22N4O2/c1-10(2)9-17(11-5-3-4-6-11)14-12(18(19)20)7-8-13(15)16-14/h7-8,10-11H,3-6,9H2,1-2H3,(H2,15,16). The van der Waals surface area contributed by atoms with Gasteiger partial charge in [0.15, 0.2) is 0 Å². The van der Waals surface area contributed by atoms with Crippen molar-refractivity contribution in [1.29, 1.82) is 0 Å². The molecule has 1 heterocycles. The predicted molar refractivity (Wildman–Crippen MR) is 79.7 cm³/mol. The van der Waals surface area contributed by atoms with Gasteiger partial charge in [-0.3, -0.25) is 10.1 Å².